The van der Waals surface area contributed by atoms with E-state index in [1.807, 2.05) is 42.6 Å². The van der Waals surface area contributed by atoms with Gasteiger partial charge < -0.3 is 4.74 Å². The fourth-order valence-corrected chi connectivity index (χ4v) is 2.72. The molecule has 2 heterocycles. The van der Waals surface area contributed by atoms with Gasteiger partial charge in [0.2, 0.25) is 0 Å². The maximum atomic E-state index is 5.25. The van der Waals surface area contributed by atoms with Crippen molar-refractivity contribution in [2.24, 2.45) is 0 Å². The van der Waals surface area contributed by atoms with E-state index in [0.29, 0.717) is 0 Å². The number of nitrogens with zero attached hydrogens (tertiary/aromatic N) is 2. The molecule has 0 N–H and O–H groups in total. The monoisotopic (exact) mass is 316 g/mol. The van der Waals surface area contributed by atoms with Gasteiger partial charge in [0.05, 0.1) is 23.4 Å². The summed E-state index contributed by atoms with van der Waals surface area (Å²) < 4.78 is 8.37. The number of rotatable bonds is 3. The van der Waals surface area contributed by atoms with Crippen LogP contribution in [-0.4, -0.2) is 16.5 Å². The largest absolute Gasteiger partial charge is 0.497 e. The second kappa shape index (κ2) is 5.05. The SMILES string of the molecule is COc1cccc(Cc2ncc3cccc(Br)n23)c1. The summed E-state index contributed by atoms with van der Waals surface area (Å²) in [7, 11) is 1.68. The van der Waals surface area contributed by atoms with Gasteiger partial charge in [-0.3, -0.25) is 4.40 Å². The molecule has 0 aliphatic rings. The zero-order valence-electron chi connectivity index (χ0n) is 10.5. The average Bonchev–Trinajstić information content (AvgIpc) is 2.84. The van der Waals surface area contributed by atoms with Gasteiger partial charge >= 0.3 is 0 Å². The van der Waals surface area contributed by atoms with Crippen LogP contribution >= 0.6 is 15.9 Å². The van der Waals surface area contributed by atoms with Crippen molar-refractivity contribution in [3.05, 3.63) is 64.7 Å². The maximum absolute atomic E-state index is 5.25. The Morgan fingerprint density at radius 3 is 2.89 bits per heavy atom. The molecule has 0 aliphatic heterocycles. The lowest BCUT2D eigenvalue weighted by Gasteiger charge is -2.06. The zero-order chi connectivity index (χ0) is 13.2. The highest BCUT2D eigenvalue weighted by molar-refractivity contribution is 9.10. The first-order chi connectivity index (χ1) is 9.28. The van der Waals surface area contributed by atoms with Crippen molar-refractivity contribution in [1.82, 2.24) is 9.38 Å². The number of ether oxygens (including phenoxy) is 1. The minimum absolute atomic E-state index is 0.772. The molecule has 0 spiro atoms. The quantitative estimate of drug-likeness (QED) is 0.689. The Kier molecular flexibility index (Phi) is 3.25. The van der Waals surface area contributed by atoms with Crippen LogP contribution in [0.15, 0.2) is 53.3 Å². The number of fused-ring (bicyclic) bond motifs is 1. The van der Waals surface area contributed by atoms with Gasteiger partial charge in [-0.05, 0) is 45.8 Å². The number of halogens is 1. The minimum Gasteiger partial charge on any atom is -0.497 e. The molecule has 0 radical (unpaired) electrons. The first kappa shape index (κ1) is 12.2. The van der Waals surface area contributed by atoms with Crippen molar-refractivity contribution in [3.63, 3.8) is 0 Å². The second-order valence-electron chi connectivity index (χ2n) is 4.31. The van der Waals surface area contributed by atoms with E-state index in [0.717, 1.165) is 28.1 Å². The number of pyridine rings is 1. The zero-order valence-corrected chi connectivity index (χ0v) is 12.1. The van der Waals surface area contributed by atoms with Crippen molar-refractivity contribution in [3.8, 4) is 5.75 Å². The molecule has 4 heteroatoms. The molecular formula is C15H13BrN2O. The molecule has 0 saturated heterocycles. The van der Waals surface area contributed by atoms with Crippen LogP contribution in [0, 0.1) is 0 Å². The number of methoxy groups -OCH3 is 1. The van der Waals surface area contributed by atoms with E-state index in [1.54, 1.807) is 7.11 Å². The van der Waals surface area contributed by atoms with Crippen molar-refractivity contribution in [1.29, 1.82) is 0 Å². The Bertz CT molecular complexity index is 721. The van der Waals surface area contributed by atoms with E-state index in [2.05, 4.69) is 31.4 Å². The summed E-state index contributed by atoms with van der Waals surface area (Å²) in [5.74, 6) is 1.88. The molecule has 1 aromatic carbocycles. The van der Waals surface area contributed by atoms with Crippen LogP contribution in [0.1, 0.15) is 11.4 Å². The van der Waals surface area contributed by atoms with Crippen molar-refractivity contribution in [2.45, 2.75) is 6.42 Å². The van der Waals surface area contributed by atoms with Crippen LogP contribution in [0.2, 0.25) is 0 Å². The molecule has 0 saturated carbocycles. The molecule has 3 rings (SSSR count). The lowest BCUT2D eigenvalue weighted by atomic mass is 10.1. The summed E-state index contributed by atoms with van der Waals surface area (Å²) >= 11 is 3.57. The average molecular weight is 317 g/mol. The van der Waals surface area contributed by atoms with Crippen molar-refractivity contribution in [2.75, 3.05) is 7.11 Å². The first-order valence-electron chi connectivity index (χ1n) is 6.02. The van der Waals surface area contributed by atoms with E-state index in [4.69, 9.17) is 4.74 Å². The molecule has 0 unspecified atom stereocenters. The van der Waals surface area contributed by atoms with Gasteiger partial charge in [-0.2, -0.15) is 0 Å². The van der Waals surface area contributed by atoms with E-state index in [1.165, 1.54) is 5.56 Å². The van der Waals surface area contributed by atoms with E-state index >= 15 is 0 Å². The highest BCUT2D eigenvalue weighted by Crippen LogP contribution is 2.20. The number of hydrogen-bond donors (Lipinski definition) is 0. The van der Waals surface area contributed by atoms with Gasteiger partial charge in [-0.15, -0.1) is 0 Å². The smallest absolute Gasteiger partial charge is 0.119 e. The summed E-state index contributed by atoms with van der Waals surface area (Å²) in [6.07, 6.45) is 2.66. The van der Waals surface area contributed by atoms with Crippen LogP contribution in [0.4, 0.5) is 0 Å². The van der Waals surface area contributed by atoms with Gasteiger partial charge in [0.25, 0.3) is 0 Å². The van der Waals surface area contributed by atoms with Crippen LogP contribution in [-0.2, 0) is 6.42 Å². The Balaban J connectivity index is 2.01. The van der Waals surface area contributed by atoms with Gasteiger partial charge in [0.1, 0.15) is 11.6 Å². The van der Waals surface area contributed by atoms with Gasteiger partial charge in [-0.1, -0.05) is 18.2 Å². The van der Waals surface area contributed by atoms with Gasteiger partial charge in [-0.25, -0.2) is 4.98 Å². The highest BCUT2D eigenvalue weighted by atomic mass is 79.9. The van der Waals surface area contributed by atoms with E-state index in [9.17, 15) is 0 Å². The summed E-state index contributed by atoms with van der Waals surface area (Å²) in [5.41, 5.74) is 2.27. The molecule has 0 aliphatic carbocycles. The van der Waals surface area contributed by atoms with E-state index < -0.39 is 0 Å². The number of hydrogen-bond acceptors (Lipinski definition) is 2. The molecule has 0 fully saturated rings. The molecular weight excluding hydrogens is 304 g/mol. The third-order valence-corrected chi connectivity index (χ3v) is 3.69. The normalized spacial score (nSPS) is 10.8. The molecule has 3 aromatic rings. The minimum atomic E-state index is 0.772. The topological polar surface area (TPSA) is 26.5 Å². The number of imidazole rings is 1. The van der Waals surface area contributed by atoms with Crippen LogP contribution in [0.5, 0.6) is 5.75 Å². The van der Waals surface area contributed by atoms with E-state index in [-0.39, 0.29) is 0 Å². The molecule has 0 amide bonds. The highest BCUT2D eigenvalue weighted by Gasteiger charge is 2.07. The predicted molar refractivity (Wildman–Crippen MR) is 78.7 cm³/mol. The van der Waals surface area contributed by atoms with Crippen LogP contribution in [0.25, 0.3) is 5.52 Å². The third kappa shape index (κ3) is 2.36. The fraction of sp³-hybridized carbons (Fsp3) is 0.133. The summed E-state index contributed by atoms with van der Waals surface area (Å²) in [5, 5.41) is 0. The Morgan fingerprint density at radius 2 is 2.05 bits per heavy atom. The summed E-state index contributed by atoms with van der Waals surface area (Å²) in [6, 6.07) is 14.1. The summed E-state index contributed by atoms with van der Waals surface area (Å²) in [4.78, 5) is 4.50. The molecule has 96 valence electrons. The lowest BCUT2D eigenvalue weighted by Crippen LogP contribution is -1.98. The molecule has 19 heavy (non-hydrogen) atoms. The van der Waals surface area contributed by atoms with Crippen LogP contribution < -0.4 is 4.74 Å². The Labute approximate surface area is 120 Å². The summed E-state index contributed by atoms with van der Waals surface area (Å²) in [6.45, 7) is 0. The maximum Gasteiger partial charge on any atom is 0.119 e. The molecule has 2 aromatic heterocycles. The molecule has 0 atom stereocenters. The molecule has 0 bridgehead atoms. The fourth-order valence-electron chi connectivity index (χ4n) is 2.16. The van der Waals surface area contributed by atoms with Crippen molar-refractivity contribution < 1.29 is 4.74 Å². The number of aromatic nitrogens is 2. The van der Waals surface area contributed by atoms with Crippen molar-refractivity contribution >= 4 is 21.4 Å². The lowest BCUT2D eigenvalue weighted by molar-refractivity contribution is 0.414. The standard InChI is InChI=1S/C15H13BrN2O/c1-19-13-6-2-4-11(8-13)9-15-17-10-12-5-3-7-14(16)18(12)15/h2-8,10H,9H2,1H3. The van der Waals surface area contributed by atoms with Crippen LogP contribution in [0.3, 0.4) is 0 Å². The first-order valence-corrected chi connectivity index (χ1v) is 6.81. The third-order valence-electron chi connectivity index (χ3n) is 3.07. The second-order valence-corrected chi connectivity index (χ2v) is 5.12. The van der Waals surface area contributed by atoms with Gasteiger partial charge in [0, 0.05) is 6.42 Å². The molecule has 3 nitrogen and oxygen atoms in total. The predicted octanol–water partition coefficient (Wildman–Crippen LogP) is 3.70. The Morgan fingerprint density at radius 1 is 1.21 bits per heavy atom. The van der Waals surface area contributed by atoms with Gasteiger partial charge in [0.15, 0.2) is 0 Å². The number of benzene rings is 1. The Hall–Kier alpha value is -1.81.